The quantitative estimate of drug-likeness (QED) is 0.895. The van der Waals surface area contributed by atoms with Gasteiger partial charge in [0.15, 0.2) is 5.82 Å². The molecule has 1 aliphatic carbocycles. The summed E-state index contributed by atoms with van der Waals surface area (Å²) in [5, 5.41) is 13.9. The SMILES string of the molecule is CCCc1cc(CO)cc(-n2ccc(C3CC3)n2)n1. The fourth-order valence-electron chi connectivity index (χ4n) is 2.29. The third-order valence-corrected chi connectivity index (χ3v) is 3.45. The van der Waals surface area contributed by atoms with Gasteiger partial charge in [0.1, 0.15) is 0 Å². The minimum Gasteiger partial charge on any atom is -0.392 e. The van der Waals surface area contributed by atoms with Gasteiger partial charge in [-0.3, -0.25) is 0 Å². The van der Waals surface area contributed by atoms with Crippen LogP contribution in [0.3, 0.4) is 0 Å². The molecule has 0 amide bonds. The Bertz CT molecular complexity index is 573. The number of aliphatic hydroxyl groups excluding tert-OH is 1. The first-order valence-corrected chi connectivity index (χ1v) is 6.96. The second kappa shape index (κ2) is 5.13. The van der Waals surface area contributed by atoms with Crippen LogP contribution in [0, 0.1) is 0 Å². The van der Waals surface area contributed by atoms with Crippen LogP contribution in [0.4, 0.5) is 0 Å². The Labute approximate surface area is 113 Å². The Kier molecular flexibility index (Phi) is 3.34. The van der Waals surface area contributed by atoms with Crippen LogP contribution in [-0.4, -0.2) is 19.9 Å². The molecule has 0 bridgehead atoms. The molecule has 1 fully saturated rings. The minimum atomic E-state index is 0.0446. The first-order chi connectivity index (χ1) is 9.30. The second-order valence-electron chi connectivity index (χ2n) is 5.19. The van der Waals surface area contributed by atoms with Gasteiger partial charge in [-0.1, -0.05) is 13.3 Å². The van der Waals surface area contributed by atoms with Gasteiger partial charge in [-0.05, 0) is 43.0 Å². The average Bonchev–Trinajstić information content (AvgIpc) is 3.16. The molecule has 1 aliphatic rings. The van der Waals surface area contributed by atoms with Crippen molar-refractivity contribution in [2.24, 2.45) is 0 Å². The van der Waals surface area contributed by atoms with E-state index in [1.807, 2.05) is 23.0 Å². The molecule has 4 heteroatoms. The Morgan fingerprint density at radius 3 is 2.89 bits per heavy atom. The van der Waals surface area contributed by atoms with Crippen LogP contribution in [-0.2, 0) is 13.0 Å². The topological polar surface area (TPSA) is 50.9 Å². The lowest BCUT2D eigenvalue weighted by Crippen LogP contribution is -2.03. The largest absolute Gasteiger partial charge is 0.392 e. The van der Waals surface area contributed by atoms with E-state index in [-0.39, 0.29) is 6.61 Å². The van der Waals surface area contributed by atoms with Gasteiger partial charge >= 0.3 is 0 Å². The Balaban J connectivity index is 1.94. The molecular formula is C15H19N3O. The van der Waals surface area contributed by atoms with Crippen molar-refractivity contribution in [1.82, 2.24) is 14.8 Å². The highest BCUT2D eigenvalue weighted by Gasteiger charge is 2.26. The van der Waals surface area contributed by atoms with Crippen LogP contribution >= 0.6 is 0 Å². The van der Waals surface area contributed by atoms with Crippen LogP contribution in [0.15, 0.2) is 24.4 Å². The second-order valence-corrected chi connectivity index (χ2v) is 5.19. The van der Waals surface area contributed by atoms with Crippen LogP contribution in [0.1, 0.15) is 49.1 Å². The zero-order valence-electron chi connectivity index (χ0n) is 11.2. The van der Waals surface area contributed by atoms with Gasteiger partial charge in [0.2, 0.25) is 0 Å². The molecule has 2 aromatic heterocycles. The normalized spacial score (nSPS) is 14.8. The predicted octanol–water partition coefficient (Wildman–Crippen LogP) is 2.59. The molecule has 2 aromatic rings. The van der Waals surface area contributed by atoms with Crippen LogP contribution in [0.5, 0.6) is 0 Å². The maximum atomic E-state index is 9.35. The van der Waals surface area contributed by atoms with Gasteiger partial charge in [0, 0.05) is 17.8 Å². The lowest BCUT2D eigenvalue weighted by Gasteiger charge is -2.07. The van der Waals surface area contributed by atoms with E-state index in [0.717, 1.165) is 35.6 Å². The van der Waals surface area contributed by atoms with Crippen LogP contribution in [0.2, 0.25) is 0 Å². The van der Waals surface area contributed by atoms with Gasteiger partial charge in [-0.15, -0.1) is 0 Å². The average molecular weight is 257 g/mol. The number of aliphatic hydroxyl groups is 1. The molecule has 0 aliphatic heterocycles. The fraction of sp³-hybridized carbons (Fsp3) is 0.467. The third kappa shape index (κ3) is 2.68. The van der Waals surface area contributed by atoms with Gasteiger partial charge in [-0.2, -0.15) is 5.10 Å². The summed E-state index contributed by atoms with van der Waals surface area (Å²) in [6.45, 7) is 2.18. The van der Waals surface area contributed by atoms with Crippen LogP contribution < -0.4 is 0 Å². The van der Waals surface area contributed by atoms with Gasteiger partial charge in [-0.25, -0.2) is 9.67 Å². The lowest BCUT2D eigenvalue weighted by molar-refractivity contribution is 0.281. The summed E-state index contributed by atoms with van der Waals surface area (Å²) in [6, 6.07) is 5.95. The monoisotopic (exact) mass is 257 g/mol. The zero-order chi connectivity index (χ0) is 13.2. The summed E-state index contributed by atoms with van der Waals surface area (Å²) in [5.74, 6) is 1.46. The molecule has 19 heavy (non-hydrogen) atoms. The molecule has 2 heterocycles. The zero-order valence-corrected chi connectivity index (χ0v) is 11.2. The van der Waals surface area contributed by atoms with E-state index in [0.29, 0.717) is 5.92 Å². The van der Waals surface area contributed by atoms with Gasteiger partial charge in [0.05, 0.1) is 12.3 Å². The minimum absolute atomic E-state index is 0.0446. The standard InChI is InChI=1S/C15H19N3O/c1-2-3-13-8-11(10-19)9-15(16-13)18-7-6-14(17-18)12-4-5-12/h6-9,12,19H,2-5,10H2,1H3. The fourth-order valence-corrected chi connectivity index (χ4v) is 2.29. The van der Waals surface area contributed by atoms with E-state index >= 15 is 0 Å². The smallest absolute Gasteiger partial charge is 0.153 e. The molecule has 100 valence electrons. The van der Waals surface area contributed by atoms with Crippen molar-refractivity contribution in [1.29, 1.82) is 0 Å². The number of pyridine rings is 1. The van der Waals surface area contributed by atoms with Gasteiger partial charge in [0.25, 0.3) is 0 Å². The summed E-state index contributed by atoms with van der Waals surface area (Å²) < 4.78 is 1.83. The molecule has 1 saturated carbocycles. The predicted molar refractivity (Wildman–Crippen MR) is 73.3 cm³/mol. The van der Waals surface area contributed by atoms with E-state index in [1.54, 1.807) is 0 Å². The number of nitrogens with zero attached hydrogens (tertiary/aromatic N) is 3. The highest BCUT2D eigenvalue weighted by molar-refractivity contribution is 5.31. The molecule has 0 radical (unpaired) electrons. The van der Waals surface area contributed by atoms with E-state index in [1.165, 1.54) is 12.8 Å². The molecule has 0 saturated heterocycles. The maximum absolute atomic E-state index is 9.35. The third-order valence-electron chi connectivity index (χ3n) is 3.45. The van der Waals surface area contributed by atoms with E-state index in [9.17, 15) is 5.11 Å². The number of rotatable bonds is 5. The molecule has 0 spiro atoms. The number of aryl methyl sites for hydroxylation is 1. The summed E-state index contributed by atoms with van der Waals surface area (Å²) in [7, 11) is 0. The summed E-state index contributed by atoms with van der Waals surface area (Å²) in [6.07, 6.45) is 6.45. The lowest BCUT2D eigenvalue weighted by atomic mass is 10.1. The molecule has 3 rings (SSSR count). The van der Waals surface area contributed by atoms with Crippen molar-refractivity contribution in [2.75, 3.05) is 0 Å². The van der Waals surface area contributed by atoms with E-state index in [2.05, 4.69) is 23.1 Å². The molecule has 0 unspecified atom stereocenters. The summed E-state index contributed by atoms with van der Waals surface area (Å²) in [5.41, 5.74) is 3.08. The number of hydrogen-bond acceptors (Lipinski definition) is 3. The highest BCUT2D eigenvalue weighted by Crippen LogP contribution is 2.38. The highest BCUT2D eigenvalue weighted by atomic mass is 16.3. The van der Waals surface area contributed by atoms with Crippen molar-refractivity contribution in [3.8, 4) is 5.82 Å². The van der Waals surface area contributed by atoms with Crippen molar-refractivity contribution >= 4 is 0 Å². The Morgan fingerprint density at radius 1 is 1.37 bits per heavy atom. The Morgan fingerprint density at radius 2 is 2.21 bits per heavy atom. The summed E-state index contributed by atoms with van der Waals surface area (Å²) >= 11 is 0. The van der Waals surface area contributed by atoms with E-state index in [4.69, 9.17) is 0 Å². The molecule has 1 N–H and O–H groups in total. The Hall–Kier alpha value is -1.68. The first-order valence-electron chi connectivity index (χ1n) is 6.96. The summed E-state index contributed by atoms with van der Waals surface area (Å²) in [4.78, 5) is 4.62. The van der Waals surface area contributed by atoms with Crippen molar-refractivity contribution in [2.45, 2.75) is 45.1 Å². The maximum Gasteiger partial charge on any atom is 0.153 e. The van der Waals surface area contributed by atoms with Crippen molar-refractivity contribution in [3.05, 3.63) is 41.3 Å². The first kappa shape index (κ1) is 12.4. The van der Waals surface area contributed by atoms with Crippen molar-refractivity contribution < 1.29 is 5.11 Å². The van der Waals surface area contributed by atoms with Crippen LogP contribution in [0.25, 0.3) is 5.82 Å². The van der Waals surface area contributed by atoms with Gasteiger partial charge < -0.3 is 5.11 Å². The molecule has 0 aromatic carbocycles. The molecular weight excluding hydrogens is 238 g/mol. The number of hydrogen-bond donors (Lipinski definition) is 1. The molecule has 4 nitrogen and oxygen atoms in total. The van der Waals surface area contributed by atoms with Crippen molar-refractivity contribution in [3.63, 3.8) is 0 Å². The number of aromatic nitrogens is 3. The van der Waals surface area contributed by atoms with E-state index < -0.39 is 0 Å². The molecule has 0 atom stereocenters.